The predicted molar refractivity (Wildman–Crippen MR) is 86.8 cm³/mol. The summed E-state index contributed by atoms with van der Waals surface area (Å²) < 4.78 is 2.06. The Bertz CT molecular complexity index is 716. The Morgan fingerprint density at radius 2 is 1.71 bits per heavy atom. The largest absolute Gasteiger partial charge is 0.349 e. The number of nitrogens with zero attached hydrogens (tertiary/aromatic N) is 2. The molecule has 106 valence electrons. The number of hydrogen-bond acceptors (Lipinski definition) is 2. The molecule has 3 rings (SSSR count). The average molecular weight is 277 g/mol. The third-order valence-electron chi connectivity index (χ3n) is 3.68. The summed E-state index contributed by atoms with van der Waals surface area (Å²) in [5.74, 6) is 0.858. The lowest BCUT2D eigenvalue weighted by Gasteiger charge is -2.18. The van der Waals surface area contributed by atoms with E-state index in [1.165, 1.54) is 11.1 Å². The molecule has 0 saturated carbocycles. The number of anilines is 1. The van der Waals surface area contributed by atoms with Crippen molar-refractivity contribution in [2.45, 2.75) is 19.9 Å². The molecule has 0 aliphatic carbocycles. The van der Waals surface area contributed by atoms with E-state index in [1.807, 2.05) is 30.6 Å². The van der Waals surface area contributed by atoms with Gasteiger partial charge in [-0.2, -0.15) is 0 Å². The van der Waals surface area contributed by atoms with Crippen molar-refractivity contribution in [3.05, 3.63) is 78.1 Å². The molecule has 3 heteroatoms. The first kappa shape index (κ1) is 13.4. The first-order chi connectivity index (χ1) is 10.3. The molecule has 3 nitrogen and oxygen atoms in total. The minimum atomic E-state index is 0.205. The summed E-state index contributed by atoms with van der Waals surface area (Å²) in [6.07, 6.45) is 3.79. The fraction of sp³-hybridized carbons (Fsp3) is 0.167. The Morgan fingerprint density at radius 1 is 1.00 bits per heavy atom. The molecular formula is C18H19N3. The van der Waals surface area contributed by atoms with Crippen LogP contribution in [0, 0.1) is 6.92 Å². The number of hydrogen-bond donors (Lipinski definition) is 1. The molecule has 0 amide bonds. The molecule has 0 bridgehead atoms. The van der Waals surface area contributed by atoms with Crippen molar-refractivity contribution in [1.82, 2.24) is 9.55 Å². The summed E-state index contributed by atoms with van der Waals surface area (Å²) in [6, 6.07) is 18.9. The summed E-state index contributed by atoms with van der Waals surface area (Å²) >= 11 is 0. The van der Waals surface area contributed by atoms with Gasteiger partial charge in [-0.1, -0.05) is 42.5 Å². The van der Waals surface area contributed by atoms with E-state index in [4.69, 9.17) is 0 Å². The standard InChI is InChI=1S/C18H19N3/c1-14-8-6-7-11-17(14)15(2)20-18-19-12-13-21(18)16-9-4-3-5-10-16/h3-13,15H,1-2H3,(H,19,20). The Morgan fingerprint density at radius 3 is 2.48 bits per heavy atom. The Kier molecular flexibility index (Phi) is 3.73. The van der Waals surface area contributed by atoms with Crippen molar-refractivity contribution >= 4 is 5.95 Å². The summed E-state index contributed by atoms with van der Waals surface area (Å²) in [7, 11) is 0. The molecule has 0 saturated heterocycles. The molecule has 3 aromatic rings. The smallest absolute Gasteiger partial charge is 0.207 e. The van der Waals surface area contributed by atoms with Crippen LogP contribution >= 0.6 is 0 Å². The topological polar surface area (TPSA) is 29.9 Å². The van der Waals surface area contributed by atoms with Gasteiger partial charge in [-0.15, -0.1) is 0 Å². The second-order valence-electron chi connectivity index (χ2n) is 5.18. The number of aryl methyl sites for hydroxylation is 1. The Hall–Kier alpha value is -2.55. The molecular weight excluding hydrogens is 258 g/mol. The van der Waals surface area contributed by atoms with Crippen LogP contribution in [0.4, 0.5) is 5.95 Å². The zero-order valence-electron chi connectivity index (χ0n) is 12.3. The molecule has 0 fully saturated rings. The molecule has 0 aliphatic rings. The van der Waals surface area contributed by atoms with Gasteiger partial charge in [-0.25, -0.2) is 4.98 Å². The lowest BCUT2D eigenvalue weighted by Crippen LogP contribution is -2.12. The third-order valence-corrected chi connectivity index (χ3v) is 3.68. The fourth-order valence-electron chi connectivity index (χ4n) is 2.55. The maximum absolute atomic E-state index is 4.44. The van der Waals surface area contributed by atoms with E-state index in [2.05, 4.69) is 65.1 Å². The second-order valence-corrected chi connectivity index (χ2v) is 5.18. The van der Waals surface area contributed by atoms with Crippen LogP contribution in [0.25, 0.3) is 5.69 Å². The first-order valence-electron chi connectivity index (χ1n) is 7.16. The maximum atomic E-state index is 4.44. The number of aromatic nitrogens is 2. The van der Waals surface area contributed by atoms with E-state index in [1.54, 1.807) is 0 Å². The average Bonchev–Trinajstić information content (AvgIpc) is 2.96. The lowest BCUT2D eigenvalue weighted by atomic mass is 10.0. The highest BCUT2D eigenvalue weighted by Gasteiger charge is 2.11. The van der Waals surface area contributed by atoms with Gasteiger partial charge in [0.05, 0.1) is 6.04 Å². The normalized spacial score (nSPS) is 12.1. The highest BCUT2D eigenvalue weighted by atomic mass is 15.2. The van der Waals surface area contributed by atoms with Crippen LogP contribution in [0.1, 0.15) is 24.1 Å². The van der Waals surface area contributed by atoms with Gasteiger partial charge < -0.3 is 5.32 Å². The molecule has 0 aliphatic heterocycles. The Labute approximate surface area is 125 Å². The highest BCUT2D eigenvalue weighted by Crippen LogP contribution is 2.22. The van der Waals surface area contributed by atoms with E-state index in [-0.39, 0.29) is 6.04 Å². The summed E-state index contributed by atoms with van der Waals surface area (Å²) in [4.78, 5) is 4.44. The van der Waals surface area contributed by atoms with Crippen molar-refractivity contribution in [2.24, 2.45) is 0 Å². The summed E-state index contributed by atoms with van der Waals surface area (Å²) in [6.45, 7) is 4.30. The SMILES string of the molecule is Cc1ccccc1C(C)Nc1nccn1-c1ccccc1. The lowest BCUT2D eigenvalue weighted by molar-refractivity contribution is 0.843. The molecule has 1 N–H and O–H groups in total. The zero-order valence-corrected chi connectivity index (χ0v) is 12.3. The van der Waals surface area contributed by atoms with Gasteiger partial charge in [0.25, 0.3) is 0 Å². The molecule has 1 atom stereocenters. The van der Waals surface area contributed by atoms with Crippen LogP contribution in [0.15, 0.2) is 67.0 Å². The monoisotopic (exact) mass is 277 g/mol. The minimum Gasteiger partial charge on any atom is -0.349 e. The van der Waals surface area contributed by atoms with Crippen molar-refractivity contribution in [1.29, 1.82) is 0 Å². The Balaban J connectivity index is 1.87. The van der Waals surface area contributed by atoms with Gasteiger partial charge in [0.1, 0.15) is 0 Å². The van der Waals surface area contributed by atoms with E-state index in [0.29, 0.717) is 0 Å². The molecule has 1 heterocycles. The van der Waals surface area contributed by atoms with Crippen molar-refractivity contribution in [2.75, 3.05) is 5.32 Å². The highest BCUT2D eigenvalue weighted by molar-refractivity contribution is 5.44. The number of para-hydroxylation sites is 1. The van der Waals surface area contributed by atoms with Gasteiger partial charge in [0.2, 0.25) is 5.95 Å². The number of imidazole rings is 1. The molecule has 0 spiro atoms. The van der Waals surface area contributed by atoms with Gasteiger partial charge in [-0.05, 0) is 37.1 Å². The van der Waals surface area contributed by atoms with Crippen molar-refractivity contribution in [3.8, 4) is 5.69 Å². The van der Waals surface area contributed by atoms with E-state index >= 15 is 0 Å². The van der Waals surface area contributed by atoms with Gasteiger partial charge in [0, 0.05) is 18.1 Å². The second kappa shape index (κ2) is 5.83. The van der Waals surface area contributed by atoms with Crippen LogP contribution in [-0.2, 0) is 0 Å². The van der Waals surface area contributed by atoms with E-state index in [0.717, 1.165) is 11.6 Å². The van der Waals surface area contributed by atoms with Crippen LogP contribution in [0.3, 0.4) is 0 Å². The third kappa shape index (κ3) is 2.82. The van der Waals surface area contributed by atoms with Crippen molar-refractivity contribution in [3.63, 3.8) is 0 Å². The number of rotatable bonds is 4. The van der Waals surface area contributed by atoms with Crippen LogP contribution in [0.5, 0.6) is 0 Å². The zero-order chi connectivity index (χ0) is 14.7. The van der Waals surface area contributed by atoms with E-state index < -0.39 is 0 Å². The van der Waals surface area contributed by atoms with Crippen LogP contribution < -0.4 is 5.32 Å². The van der Waals surface area contributed by atoms with Crippen molar-refractivity contribution < 1.29 is 0 Å². The van der Waals surface area contributed by atoms with E-state index in [9.17, 15) is 0 Å². The summed E-state index contributed by atoms with van der Waals surface area (Å²) in [5, 5.41) is 3.50. The maximum Gasteiger partial charge on any atom is 0.207 e. The minimum absolute atomic E-state index is 0.205. The first-order valence-corrected chi connectivity index (χ1v) is 7.16. The quantitative estimate of drug-likeness (QED) is 0.768. The number of nitrogens with one attached hydrogen (secondary N) is 1. The van der Waals surface area contributed by atoms with Gasteiger partial charge >= 0.3 is 0 Å². The molecule has 1 unspecified atom stereocenters. The predicted octanol–water partition coefficient (Wildman–Crippen LogP) is 4.35. The van der Waals surface area contributed by atoms with Gasteiger partial charge in [0.15, 0.2) is 0 Å². The van der Waals surface area contributed by atoms with Crippen LogP contribution in [0.2, 0.25) is 0 Å². The van der Waals surface area contributed by atoms with Crippen LogP contribution in [-0.4, -0.2) is 9.55 Å². The summed E-state index contributed by atoms with van der Waals surface area (Å²) in [5.41, 5.74) is 3.69. The van der Waals surface area contributed by atoms with Gasteiger partial charge in [-0.3, -0.25) is 4.57 Å². The molecule has 21 heavy (non-hydrogen) atoms. The molecule has 0 radical (unpaired) electrons. The molecule has 2 aromatic carbocycles. The fourth-order valence-corrected chi connectivity index (χ4v) is 2.55. The number of benzene rings is 2. The molecule has 1 aromatic heterocycles.